The molecule has 0 fully saturated rings. The summed E-state index contributed by atoms with van der Waals surface area (Å²) in [5.74, 6) is 1.27. The normalized spacial score (nSPS) is 11.2. The second-order valence-electron chi connectivity index (χ2n) is 6.34. The Hall–Kier alpha value is -3.51. The lowest BCUT2D eigenvalue weighted by Gasteiger charge is -2.09. The minimum Gasteiger partial charge on any atom is -0.350 e. The number of pyridine rings is 1. The second kappa shape index (κ2) is 6.90. The molecule has 0 bridgehead atoms. The van der Waals surface area contributed by atoms with Crippen LogP contribution in [-0.2, 0) is 6.54 Å². The molecule has 136 valence electrons. The summed E-state index contributed by atoms with van der Waals surface area (Å²) in [6, 6.07) is 19.4. The van der Waals surface area contributed by atoms with E-state index in [9.17, 15) is 0 Å². The summed E-state index contributed by atoms with van der Waals surface area (Å²) >= 11 is 5.97. The Morgan fingerprint density at radius 1 is 0.893 bits per heavy atom. The topological polar surface area (TPSA) is 68.0 Å². The largest absolute Gasteiger partial charge is 0.350 e. The highest BCUT2D eigenvalue weighted by Gasteiger charge is 2.14. The Balaban J connectivity index is 1.62. The Morgan fingerprint density at radius 3 is 2.50 bits per heavy atom. The van der Waals surface area contributed by atoms with Gasteiger partial charge < -0.3 is 5.32 Å². The first-order chi connectivity index (χ1) is 13.8. The molecular formula is C21H15ClN6. The van der Waals surface area contributed by atoms with Crippen molar-refractivity contribution in [3.63, 3.8) is 0 Å². The predicted octanol–water partition coefficient (Wildman–Crippen LogP) is 4.61. The van der Waals surface area contributed by atoms with Crippen LogP contribution in [0.1, 0.15) is 5.56 Å². The summed E-state index contributed by atoms with van der Waals surface area (Å²) in [5.41, 5.74) is 3.63. The van der Waals surface area contributed by atoms with E-state index in [0.29, 0.717) is 23.3 Å². The van der Waals surface area contributed by atoms with Crippen molar-refractivity contribution in [3.8, 4) is 11.4 Å². The van der Waals surface area contributed by atoms with Gasteiger partial charge in [0, 0.05) is 34.9 Å². The molecule has 5 rings (SSSR count). The van der Waals surface area contributed by atoms with Crippen molar-refractivity contribution in [2.24, 2.45) is 0 Å². The summed E-state index contributed by atoms with van der Waals surface area (Å²) in [6.45, 7) is 0.599. The van der Waals surface area contributed by atoms with E-state index < -0.39 is 0 Å². The van der Waals surface area contributed by atoms with E-state index in [0.717, 1.165) is 27.7 Å². The van der Waals surface area contributed by atoms with Crippen LogP contribution in [0.15, 0.2) is 73.1 Å². The summed E-state index contributed by atoms with van der Waals surface area (Å²) in [4.78, 5) is 13.6. The van der Waals surface area contributed by atoms with E-state index in [4.69, 9.17) is 26.7 Å². The standard InChI is InChI=1S/C21H15ClN6/c22-16-7-5-14(6-8-16)13-24-21-25-18-4-2-1-3-17(18)20-26-19(27-28(20)21)15-9-11-23-12-10-15/h1-12H,13H2,(H,24,25). The minimum atomic E-state index is 0.599. The first-order valence-electron chi connectivity index (χ1n) is 8.82. The molecule has 0 aliphatic heterocycles. The number of nitrogens with one attached hydrogen (secondary N) is 1. The van der Waals surface area contributed by atoms with E-state index in [1.54, 1.807) is 16.9 Å². The molecule has 5 aromatic rings. The zero-order valence-corrected chi connectivity index (χ0v) is 15.5. The van der Waals surface area contributed by atoms with Gasteiger partial charge in [-0.05, 0) is 42.0 Å². The maximum absolute atomic E-state index is 5.97. The number of aromatic nitrogens is 5. The number of para-hydroxylation sites is 1. The van der Waals surface area contributed by atoms with Gasteiger partial charge in [-0.3, -0.25) is 4.98 Å². The first kappa shape index (κ1) is 16.6. The molecule has 0 aliphatic rings. The van der Waals surface area contributed by atoms with Gasteiger partial charge in [0.05, 0.1) is 5.52 Å². The molecule has 3 heterocycles. The molecule has 6 nitrogen and oxygen atoms in total. The van der Waals surface area contributed by atoms with E-state index in [1.165, 1.54) is 0 Å². The number of anilines is 1. The summed E-state index contributed by atoms with van der Waals surface area (Å²) in [5, 5.41) is 9.73. The molecule has 0 saturated carbocycles. The van der Waals surface area contributed by atoms with Gasteiger partial charge in [0.2, 0.25) is 5.95 Å². The maximum atomic E-state index is 5.97. The van der Waals surface area contributed by atoms with Crippen LogP contribution in [0, 0.1) is 0 Å². The van der Waals surface area contributed by atoms with Crippen LogP contribution in [0.25, 0.3) is 27.9 Å². The van der Waals surface area contributed by atoms with Crippen molar-refractivity contribution in [1.29, 1.82) is 0 Å². The predicted molar refractivity (Wildman–Crippen MR) is 110 cm³/mol. The van der Waals surface area contributed by atoms with Gasteiger partial charge in [-0.25, -0.2) is 9.97 Å². The van der Waals surface area contributed by atoms with Crippen molar-refractivity contribution >= 4 is 34.1 Å². The van der Waals surface area contributed by atoms with Gasteiger partial charge in [-0.15, -0.1) is 5.10 Å². The van der Waals surface area contributed by atoms with Crippen LogP contribution in [0.2, 0.25) is 5.02 Å². The third kappa shape index (κ3) is 3.04. The van der Waals surface area contributed by atoms with Gasteiger partial charge in [-0.2, -0.15) is 4.52 Å². The van der Waals surface area contributed by atoms with E-state index in [-0.39, 0.29) is 0 Å². The minimum absolute atomic E-state index is 0.599. The third-order valence-electron chi connectivity index (χ3n) is 4.48. The lowest BCUT2D eigenvalue weighted by atomic mass is 10.2. The molecule has 0 spiro atoms. The van der Waals surface area contributed by atoms with Crippen molar-refractivity contribution < 1.29 is 0 Å². The molecule has 1 N–H and O–H groups in total. The number of halogens is 1. The molecule has 0 radical (unpaired) electrons. The zero-order chi connectivity index (χ0) is 18.9. The average Bonchev–Trinajstić information content (AvgIpc) is 3.20. The van der Waals surface area contributed by atoms with E-state index in [1.807, 2.05) is 60.7 Å². The zero-order valence-electron chi connectivity index (χ0n) is 14.7. The molecule has 0 amide bonds. The van der Waals surface area contributed by atoms with Crippen LogP contribution in [0.5, 0.6) is 0 Å². The fourth-order valence-electron chi connectivity index (χ4n) is 3.08. The van der Waals surface area contributed by atoms with Gasteiger partial charge in [0.15, 0.2) is 11.5 Å². The lowest BCUT2D eigenvalue weighted by Crippen LogP contribution is -2.08. The Morgan fingerprint density at radius 2 is 1.68 bits per heavy atom. The molecule has 0 atom stereocenters. The fraction of sp³-hybridized carbons (Fsp3) is 0.0476. The van der Waals surface area contributed by atoms with Crippen LogP contribution >= 0.6 is 11.6 Å². The highest BCUT2D eigenvalue weighted by Crippen LogP contribution is 2.24. The van der Waals surface area contributed by atoms with Crippen molar-refractivity contribution in [1.82, 2.24) is 24.6 Å². The number of benzene rings is 2. The molecule has 7 heteroatoms. The fourth-order valence-corrected chi connectivity index (χ4v) is 3.20. The van der Waals surface area contributed by atoms with Gasteiger partial charge >= 0.3 is 0 Å². The molecule has 0 saturated heterocycles. The number of rotatable bonds is 4. The van der Waals surface area contributed by atoms with Gasteiger partial charge in [0.25, 0.3) is 0 Å². The molecule has 0 aliphatic carbocycles. The Labute approximate surface area is 165 Å². The lowest BCUT2D eigenvalue weighted by molar-refractivity contribution is 0.920. The summed E-state index contributed by atoms with van der Waals surface area (Å²) in [7, 11) is 0. The van der Waals surface area contributed by atoms with Crippen molar-refractivity contribution in [2.75, 3.05) is 5.32 Å². The smallest absolute Gasteiger partial charge is 0.226 e. The van der Waals surface area contributed by atoms with Gasteiger partial charge in [-0.1, -0.05) is 35.9 Å². The van der Waals surface area contributed by atoms with E-state index >= 15 is 0 Å². The second-order valence-corrected chi connectivity index (χ2v) is 6.78. The summed E-state index contributed by atoms with van der Waals surface area (Å²) in [6.07, 6.45) is 3.47. The number of hydrogen-bond acceptors (Lipinski definition) is 5. The van der Waals surface area contributed by atoms with Crippen molar-refractivity contribution in [2.45, 2.75) is 6.54 Å². The number of hydrogen-bond donors (Lipinski definition) is 1. The van der Waals surface area contributed by atoms with Crippen LogP contribution in [0.3, 0.4) is 0 Å². The first-order valence-corrected chi connectivity index (χ1v) is 9.20. The Bertz CT molecular complexity index is 1270. The van der Waals surface area contributed by atoms with E-state index in [2.05, 4.69) is 10.3 Å². The molecule has 28 heavy (non-hydrogen) atoms. The molecular weight excluding hydrogens is 372 g/mol. The quantitative estimate of drug-likeness (QED) is 0.488. The monoisotopic (exact) mass is 386 g/mol. The Kier molecular flexibility index (Phi) is 4.10. The SMILES string of the molecule is Clc1ccc(CNc2nc3ccccc3c3nc(-c4ccncc4)nn23)cc1. The molecule has 3 aromatic heterocycles. The molecule has 2 aromatic carbocycles. The van der Waals surface area contributed by atoms with Crippen LogP contribution < -0.4 is 5.32 Å². The highest BCUT2D eigenvalue weighted by molar-refractivity contribution is 6.30. The maximum Gasteiger partial charge on any atom is 0.226 e. The van der Waals surface area contributed by atoms with Crippen LogP contribution in [0.4, 0.5) is 5.95 Å². The van der Waals surface area contributed by atoms with Crippen molar-refractivity contribution in [3.05, 3.63) is 83.6 Å². The number of fused-ring (bicyclic) bond motifs is 3. The van der Waals surface area contributed by atoms with Gasteiger partial charge in [0.1, 0.15) is 0 Å². The van der Waals surface area contributed by atoms with Crippen LogP contribution in [-0.4, -0.2) is 24.6 Å². The highest BCUT2D eigenvalue weighted by atomic mass is 35.5. The average molecular weight is 387 g/mol. The third-order valence-corrected chi connectivity index (χ3v) is 4.73. The number of nitrogens with zero attached hydrogens (tertiary/aromatic N) is 5. The summed E-state index contributed by atoms with van der Waals surface area (Å²) < 4.78 is 1.76. The molecule has 0 unspecified atom stereocenters.